The molecule has 29 heavy (non-hydrogen) atoms. The van der Waals surface area contributed by atoms with Gasteiger partial charge in [-0.15, -0.1) is 34.2 Å². The van der Waals surface area contributed by atoms with Crippen LogP contribution < -0.4 is 10.6 Å². The average molecular weight is 531 g/mol. The number of thioether (sulfide) groups is 1. The summed E-state index contributed by atoms with van der Waals surface area (Å²) in [6.45, 7) is 12.0. The molecule has 2 N–H and O–H groups in total. The summed E-state index contributed by atoms with van der Waals surface area (Å²) in [5.41, 5.74) is 2.49. The molecule has 0 radical (unpaired) electrons. The first kappa shape index (κ1) is 25.7. The van der Waals surface area contributed by atoms with Crippen molar-refractivity contribution in [2.45, 2.75) is 58.8 Å². The van der Waals surface area contributed by atoms with Gasteiger partial charge >= 0.3 is 0 Å². The highest BCUT2D eigenvalue weighted by atomic mass is 127. The highest BCUT2D eigenvalue weighted by Crippen LogP contribution is 2.16. The van der Waals surface area contributed by atoms with E-state index in [1.165, 1.54) is 11.1 Å². The van der Waals surface area contributed by atoms with Gasteiger partial charge in [-0.25, -0.2) is 4.99 Å². The summed E-state index contributed by atoms with van der Waals surface area (Å²) in [6.07, 6.45) is 3.95. The highest BCUT2D eigenvalue weighted by Gasteiger charge is 2.12. The largest absolute Gasteiger partial charge is 0.357 e. The first-order valence-electron chi connectivity index (χ1n) is 10.1. The van der Waals surface area contributed by atoms with Gasteiger partial charge in [0, 0.05) is 26.1 Å². The van der Waals surface area contributed by atoms with Crippen LogP contribution in [0.15, 0.2) is 34.4 Å². The summed E-state index contributed by atoms with van der Waals surface area (Å²) in [7, 11) is 0. The normalized spacial score (nSPS) is 11.4. The third-order valence-electron chi connectivity index (χ3n) is 4.24. The number of hydrogen-bond donors (Lipinski definition) is 2. The fourth-order valence-electron chi connectivity index (χ4n) is 2.98. The molecule has 0 unspecified atom stereocenters. The molecule has 0 spiro atoms. The Bertz CT molecular complexity index is 759. The molecule has 2 rings (SSSR count). The highest BCUT2D eigenvalue weighted by molar-refractivity contribution is 14.0. The van der Waals surface area contributed by atoms with Gasteiger partial charge in [-0.05, 0) is 38.0 Å². The van der Waals surface area contributed by atoms with Crippen LogP contribution in [0.4, 0.5) is 0 Å². The second-order valence-electron chi connectivity index (χ2n) is 7.32. The van der Waals surface area contributed by atoms with Crippen molar-refractivity contribution in [3.63, 3.8) is 0 Å². The van der Waals surface area contributed by atoms with E-state index in [0.29, 0.717) is 12.5 Å². The zero-order valence-electron chi connectivity index (χ0n) is 18.2. The van der Waals surface area contributed by atoms with E-state index in [0.717, 1.165) is 49.4 Å². The fourth-order valence-corrected chi connectivity index (χ4v) is 3.50. The Morgan fingerprint density at radius 1 is 1.24 bits per heavy atom. The van der Waals surface area contributed by atoms with Gasteiger partial charge in [0.2, 0.25) is 0 Å². The summed E-state index contributed by atoms with van der Waals surface area (Å²) in [5.74, 6) is 2.51. The van der Waals surface area contributed by atoms with Crippen molar-refractivity contribution >= 4 is 41.7 Å². The fraction of sp³-hybridized carbons (Fsp3) is 0.571. The van der Waals surface area contributed by atoms with Crippen LogP contribution in [0, 0.1) is 12.8 Å². The van der Waals surface area contributed by atoms with Crippen LogP contribution in [-0.2, 0) is 19.5 Å². The van der Waals surface area contributed by atoms with Crippen LogP contribution in [0.1, 0.15) is 44.1 Å². The summed E-state index contributed by atoms with van der Waals surface area (Å²) in [4.78, 5) is 4.70. The lowest BCUT2D eigenvalue weighted by molar-refractivity contribution is 0.477. The van der Waals surface area contributed by atoms with E-state index < -0.39 is 0 Å². The first-order valence-corrected chi connectivity index (χ1v) is 11.3. The predicted octanol–water partition coefficient (Wildman–Crippen LogP) is 4.27. The lowest BCUT2D eigenvalue weighted by Crippen LogP contribution is -2.37. The number of rotatable bonds is 10. The Morgan fingerprint density at radius 3 is 2.69 bits per heavy atom. The maximum absolute atomic E-state index is 4.70. The Hall–Kier alpha value is -1.29. The van der Waals surface area contributed by atoms with Gasteiger partial charge in [-0.1, -0.05) is 55.4 Å². The molecule has 1 heterocycles. The van der Waals surface area contributed by atoms with Crippen molar-refractivity contribution < 1.29 is 0 Å². The zero-order valence-corrected chi connectivity index (χ0v) is 21.4. The zero-order chi connectivity index (χ0) is 20.4. The molecular formula is C21H35IN6S. The number of aryl methyl sites for hydroxylation is 2. The van der Waals surface area contributed by atoms with Gasteiger partial charge in [0.1, 0.15) is 5.82 Å². The lowest BCUT2D eigenvalue weighted by atomic mass is 10.1. The molecule has 0 aliphatic heterocycles. The van der Waals surface area contributed by atoms with E-state index in [2.05, 4.69) is 83.6 Å². The van der Waals surface area contributed by atoms with Crippen molar-refractivity contribution in [1.82, 2.24) is 25.4 Å². The summed E-state index contributed by atoms with van der Waals surface area (Å²) in [6, 6.07) is 8.48. The van der Waals surface area contributed by atoms with Gasteiger partial charge in [0.15, 0.2) is 11.1 Å². The molecule has 0 amide bonds. The Balaban J connectivity index is 0.00000420. The summed E-state index contributed by atoms with van der Waals surface area (Å²) < 4.78 is 2.26. The SMILES string of the molecule is CCNC(=NCc1cccc(C)c1)NCCCc1nnc(SC)n1CC(C)C.I. The molecule has 1 aromatic heterocycles. The number of guanidine groups is 1. The van der Waals surface area contributed by atoms with Crippen molar-refractivity contribution in [3.8, 4) is 0 Å². The molecule has 0 saturated heterocycles. The molecule has 2 aromatic rings. The van der Waals surface area contributed by atoms with Crippen molar-refractivity contribution in [2.24, 2.45) is 10.9 Å². The van der Waals surface area contributed by atoms with Crippen LogP contribution in [0.25, 0.3) is 0 Å². The molecular weight excluding hydrogens is 495 g/mol. The van der Waals surface area contributed by atoms with Gasteiger partial charge in [-0.2, -0.15) is 0 Å². The first-order chi connectivity index (χ1) is 13.5. The second-order valence-corrected chi connectivity index (χ2v) is 8.10. The number of aromatic nitrogens is 3. The van der Waals surface area contributed by atoms with E-state index in [9.17, 15) is 0 Å². The van der Waals surface area contributed by atoms with E-state index in [1.54, 1.807) is 11.8 Å². The lowest BCUT2D eigenvalue weighted by Gasteiger charge is -2.13. The molecule has 0 atom stereocenters. The standard InChI is InChI=1S/C21H34N6S.HI/c1-6-22-20(24-14-18-10-7-9-17(4)13-18)23-12-8-11-19-25-26-21(28-5)27(19)15-16(2)3;/h7,9-10,13,16H,6,8,11-12,14-15H2,1-5H3,(H2,22,23,24);1H. The van der Waals surface area contributed by atoms with Gasteiger partial charge in [0.25, 0.3) is 0 Å². The third kappa shape index (κ3) is 8.94. The number of halogens is 1. The van der Waals surface area contributed by atoms with Gasteiger partial charge in [-0.3, -0.25) is 0 Å². The Morgan fingerprint density at radius 2 is 2.03 bits per heavy atom. The maximum atomic E-state index is 4.70. The smallest absolute Gasteiger partial charge is 0.191 e. The minimum absolute atomic E-state index is 0. The minimum Gasteiger partial charge on any atom is -0.357 e. The van der Waals surface area contributed by atoms with Crippen molar-refractivity contribution in [3.05, 3.63) is 41.2 Å². The maximum Gasteiger partial charge on any atom is 0.191 e. The quantitative estimate of drug-likeness (QED) is 0.158. The summed E-state index contributed by atoms with van der Waals surface area (Å²) >= 11 is 1.66. The predicted molar refractivity (Wildman–Crippen MR) is 134 cm³/mol. The van der Waals surface area contributed by atoms with Crippen molar-refractivity contribution in [2.75, 3.05) is 19.3 Å². The summed E-state index contributed by atoms with van der Waals surface area (Å²) in [5, 5.41) is 16.5. The monoisotopic (exact) mass is 530 g/mol. The molecule has 0 saturated carbocycles. The van der Waals surface area contributed by atoms with Gasteiger partial charge < -0.3 is 15.2 Å². The third-order valence-corrected chi connectivity index (χ3v) is 4.91. The van der Waals surface area contributed by atoms with E-state index in [4.69, 9.17) is 4.99 Å². The van der Waals surface area contributed by atoms with Crippen LogP contribution in [0.3, 0.4) is 0 Å². The topological polar surface area (TPSA) is 67.1 Å². The molecule has 0 aliphatic rings. The van der Waals surface area contributed by atoms with Crippen molar-refractivity contribution in [1.29, 1.82) is 0 Å². The van der Waals surface area contributed by atoms with Crippen LogP contribution in [0.2, 0.25) is 0 Å². The molecule has 0 aliphatic carbocycles. The molecule has 8 heteroatoms. The Kier molecular flexibility index (Phi) is 12.3. The second kappa shape index (κ2) is 13.8. The molecule has 162 valence electrons. The number of nitrogens with zero attached hydrogens (tertiary/aromatic N) is 4. The molecule has 0 bridgehead atoms. The molecule has 6 nitrogen and oxygen atoms in total. The number of nitrogens with one attached hydrogen (secondary N) is 2. The Labute approximate surface area is 196 Å². The van der Waals surface area contributed by atoms with E-state index in [-0.39, 0.29) is 24.0 Å². The minimum atomic E-state index is 0. The number of benzene rings is 1. The van der Waals surface area contributed by atoms with Crippen LogP contribution in [0.5, 0.6) is 0 Å². The number of hydrogen-bond acceptors (Lipinski definition) is 4. The van der Waals surface area contributed by atoms with Gasteiger partial charge in [0.05, 0.1) is 6.54 Å². The number of aliphatic imine (C=N–C) groups is 1. The molecule has 0 fully saturated rings. The average Bonchev–Trinajstić information content (AvgIpc) is 3.04. The van der Waals surface area contributed by atoms with E-state index in [1.807, 2.05) is 0 Å². The van der Waals surface area contributed by atoms with E-state index >= 15 is 0 Å². The molecule has 1 aromatic carbocycles. The van der Waals surface area contributed by atoms with Crippen LogP contribution in [-0.4, -0.2) is 40.1 Å². The van der Waals surface area contributed by atoms with Crippen LogP contribution >= 0.6 is 35.7 Å².